The molecular formula is C23H23Cl2N3O6. The number of carboxylic acid groups (broad SMARTS) is 2. The molecule has 0 spiro atoms. The van der Waals surface area contributed by atoms with E-state index in [0.29, 0.717) is 30.6 Å². The van der Waals surface area contributed by atoms with Crippen molar-refractivity contribution in [1.82, 2.24) is 10.2 Å². The number of aliphatic carboxylic acids is 2. The number of carbonyl (C=O) groups excluding carboxylic acids is 2. The molecule has 3 amide bonds. The summed E-state index contributed by atoms with van der Waals surface area (Å²) >= 11 is 12.1. The minimum Gasteiger partial charge on any atom is -0.481 e. The highest BCUT2D eigenvalue weighted by atomic mass is 35.5. The lowest BCUT2D eigenvalue weighted by atomic mass is 9.98. The predicted molar refractivity (Wildman–Crippen MR) is 126 cm³/mol. The van der Waals surface area contributed by atoms with Crippen molar-refractivity contribution in [3.05, 3.63) is 63.6 Å². The third-order valence-electron chi connectivity index (χ3n) is 5.50. The first-order chi connectivity index (χ1) is 16.2. The molecule has 11 heteroatoms. The number of hydrogen-bond donors (Lipinski definition) is 4. The Kier molecular flexibility index (Phi) is 8.36. The second kappa shape index (κ2) is 11.2. The molecule has 0 aromatic heterocycles. The molecule has 1 aliphatic rings. The maximum atomic E-state index is 12.5. The highest BCUT2D eigenvalue weighted by Crippen LogP contribution is 2.25. The molecule has 9 nitrogen and oxygen atoms in total. The van der Waals surface area contributed by atoms with E-state index in [-0.39, 0.29) is 28.6 Å². The average Bonchev–Trinajstić information content (AvgIpc) is 2.79. The van der Waals surface area contributed by atoms with Crippen LogP contribution >= 0.6 is 23.2 Å². The van der Waals surface area contributed by atoms with Crippen LogP contribution in [0.5, 0.6) is 0 Å². The first-order valence-corrected chi connectivity index (χ1v) is 11.3. The molecular weight excluding hydrogens is 485 g/mol. The van der Waals surface area contributed by atoms with Crippen LogP contribution in [0.15, 0.2) is 42.5 Å². The number of carbonyl (C=O) groups is 4. The van der Waals surface area contributed by atoms with Gasteiger partial charge in [0.05, 0.1) is 21.5 Å². The molecule has 2 aromatic carbocycles. The summed E-state index contributed by atoms with van der Waals surface area (Å²) in [7, 11) is 0. The van der Waals surface area contributed by atoms with Gasteiger partial charge in [-0.1, -0.05) is 41.4 Å². The largest absolute Gasteiger partial charge is 0.481 e. The van der Waals surface area contributed by atoms with E-state index in [2.05, 4.69) is 10.6 Å². The van der Waals surface area contributed by atoms with Gasteiger partial charge in [0, 0.05) is 25.2 Å². The second-order valence-corrected chi connectivity index (χ2v) is 8.73. The monoisotopic (exact) mass is 507 g/mol. The Labute approximate surface area is 205 Å². The fraction of sp³-hybridized carbons (Fsp3) is 0.304. The lowest BCUT2D eigenvalue weighted by Crippen LogP contribution is -2.52. The van der Waals surface area contributed by atoms with Crippen molar-refractivity contribution in [2.24, 2.45) is 5.92 Å². The van der Waals surface area contributed by atoms with Gasteiger partial charge in [-0.05, 0) is 42.7 Å². The zero-order chi connectivity index (χ0) is 24.8. The Balaban J connectivity index is 1.62. The van der Waals surface area contributed by atoms with Crippen molar-refractivity contribution >= 4 is 52.8 Å². The Hall–Kier alpha value is -3.30. The number of nitrogens with one attached hydrogen (secondary N) is 2. The number of nitrogens with zero attached hydrogens (tertiary/aromatic N) is 1. The maximum Gasteiger partial charge on any atom is 0.326 e. The van der Waals surface area contributed by atoms with E-state index in [1.807, 2.05) is 0 Å². The van der Waals surface area contributed by atoms with Crippen molar-refractivity contribution in [1.29, 1.82) is 0 Å². The van der Waals surface area contributed by atoms with Crippen molar-refractivity contribution in [2.45, 2.75) is 25.3 Å². The van der Waals surface area contributed by atoms with E-state index in [1.165, 1.54) is 4.90 Å². The van der Waals surface area contributed by atoms with Crippen LogP contribution in [0, 0.1) is 5.92 Å². The number of amides is 3. The van der Waals surface area contributed by atoms with E-state index in [4.69, 9.17) is 23.2 Å². The van der Waals surface area contributed by atoms with Crippen molar-refractivity contribution in [3.8, 4) is 0 Å². The van der Waals surface area contributed by atoms with E-state index < -0.39 is 35.8 Å². The van der Waals surface area contributed by atoms with Crippen LogP contribution in [-0.2, 0) is 16.0 Å². The number of urea groups is 1. The Morgan fingerprint density at radius 3 is 2.26 bits per heavy atom. The molecule has 34 heavy (non-hydrogen) atoms. The molecule has 180 valence electrons. The maximum absolute atomic E-state index is 12.5. The first kappa shape index (κ1) is 25.3. The summed E-state index contributed by atoms with van der Waals surface area (Å²) in [6, 6.07) is 9.37. The van der Waals surface area contributed by atoms with Gasteiger partial charge in [-0.3, -0.25) is 9.59 Å². The van der Waals surface area contributed by atoms with Gasteiger partial charge >= 0.3 is 18.0 Å². The molecule has 2 aromatic rings. The fourth-order valence-corrected chi connectivity index (χ4v) is 4.24. The van der Waals surface area contributed by atoms with Crippen LogP contribution in [0.3, 0.4) is 0 Å². The highest BCUT2D eigenvalue weighted by Gasteiger charge is 2.30. The van der Waals surface area contributed by atoms with E-state index >= 15 is 0 Å². The van der Waals surface area contributed by atoms with Gasteiger partial charge in [0.15, 0.2) is 0 Å². The molecule has 1 saturated heterocycles. The summed E-state index contributed by atoms with van der Waals surface area (Å²) in [6.07, 6.45) is 1.02. The van der Waals surface area contributed by atoms with Crippen LogP contribution in [-0.4, -0.2) is 58.1 Å². The molecule has 1 aliphatic heterocycles. The SMILES string of the molecule is O=C(Nc1ccc(C[C@H](NC(=O)N2CCCC(C(=O)O)C2)C(=O)O)cc1)c1c(Cl)cccc1Cl. The fourth-order valence-electron chi connectivity index (χ4n) is 3.67. The average molecular weight is 508 g/mol. The van der Waals surface area contributed by atoms with Crippen molar-refractivity contribution < 1.29 is 29.4 Å². The smallest absolute Gasteiger partial charge is 0.326 e. The molecule has 3 rings (SSSR count). The van der Waals surface area contributed by atoms with Gasteiger partial charge in [-0.25, -0.2) is 9.59 Å². The van der Waals surface area contributed by atoms with Crippen LogP contribution in [0.2, 0.25) is 10.0 Å². The number of benzene rings is 2. The predicted octanol–water partition coefficient (Wildman–Crippen LogP) is 3.75. The third kappa shape index (κ3) is 6.39. The minimum absolute atomic E-state index is 0.00183. The quantitative estimate of drug-likeness (QED) is 0.450. The summed E-state index contributed by atoms with van der Waals surface area (Å²) < 4.78 is 0. The van der Waals surface area contributed by atoms with E-state index in [9.17, 15) is 29.4 Å². The number of hydrogen-bond acceptors (Lipinski definition) is 4. The molecule has 0 saturated carbocycles. The third-order valence-corrected chi connectivity index (χ3v) is 6.13. The van der Waals surface area contributed by atoms with Crippen LogP contribution < -0.4 is 10.6 Å². The zero-order valence-corrected chi connectivity index (χ0v) is 19.5. The number of rotatable bonds is 7. The van der Waals surface area contributed by atoms with Gasteiger partial charge in [0.1, 0.15) is 6.04 Å². The van der Waals surface area contributed by atoms with E-state index in [0.717, 1.165) is 0 Å². The summed E-state index contributed by atoms with van der Waals surface area (Å²) in [5.74, 6) is -3.34. The van der Waals surface area contributed by atoms with Gasteiger partial charge in [0.25, 0.3) is 5.91 Å². The number of carboxylic acids is 2. The van der Waals surface area contributed by atoms with Gasteiger partial charge in [-0.15, -0.1) is 0 Å². The lowest BCUT2D eigenvalue weighted by Gasteiger charge is -2.31. The van der Waals surface area contributed by atoms with Gasteiger partial charge in [0.2, 0.25) is 0 Å². The van der Waals surface area contributed by atoms with Crippen LogP contribution in [0.25, 0.3) is 0 Å². The Morgan fingerprint density at radius 2 is 1.68 bits per heavy atom. The summed E-state index contributed by atoms with van der Waals surface area (Å²) in [6.45, 7) is 0.406. The molecule has 0 radical (unpaired) electrons. The van der Waals surface area contributed by atoms with Gasteiger partial charge < -0.3 is 25.7 Å². The standard InChI is InChI=1S/C23H23Cl2N3O6/c24-16-4-1-5-17(25)19(16)20(29)26-15-8-6-13(7-9-15)11-18(22(32)33)27-23(34)28-10-2-3-14(12-28)21(30)31/h1,4-9,14,18H,2-3,10-12H2,(H,26,29)(H,27,34)(H,30,31)(H,32,33)/t14?,18-/m0/s1. The summed E-state index contributed by atoms with van der Waals surface area (Å²) in [4.78, 5) is 49.3. The summed E-state index contributed by atoms with van der Waals surface area (Å²) in [5, 5.41) is 24.3. The molecule has 0 aliphatic carbocycles. The highest BCUT2D eigenvalue weighted by molar-refractivity contribution is 6.40. The lowest BCUT2D eigenvalue weighted by molar-refractivity contribution is -0.143. The van der Waals surface area contributed by atoms with Crippen LogP contribution in [0.1, 0.15) is 28.8 Å². The van der Waals surface area contributed by atoms with Crippen molar-refractivity contribution in [2.75, 3.05) is 18.4 Å². The Morgan fingerprint density at radius 1 is 1.03 bits per heavy atom. The molecule has 1 unspecified atom stereocenters. The molecule has 4 N–H and O–H groups in total. The van der Waals surface area contributed by atoms with Crippen molar-refractivity contribution in [3.63, 3.8) is 0 Å². The number of halogens is 2. The zero-order valence-electron chi connectivity index (χ0n) is 18.0. The van der Waals surface area contributed by atoms with E-state index in [1.54, 1.807) is 42.5 Å². The Bertz CT molecular complexity index is 1070. The normalized spacial score (nSPS) is 16.4. The summed E-state index contributed by atoms with van der Waals surface area (Å²) in [5.41, 5.74) is 1.21. The second-order valence-electron chi connectivity index (χ2n) is 7.92. The molecule has 1 heterocycles. The molecule has 0 bridgehead atoms. The molecule has 2 atom stereocenters. The number of piperidine rings is 1. The topological polar surface area (TPSA) is 136 Å². The molecule has 1 fully saturated rings. The number of likely N-dealkylation sites (tertiary alicyclic amines) is 1. The van der Waals surface area contributed by atoms with Crippen LogP contribution in [0.4, 0.5) is 10.5 Å². The number of anilines is 1. The minimum atomic E-state index is -1.22. The first-order valence-electron chi connectivity index (χ1n) is 10.5. The van der Waals surface area contributed by atoms with Gasteiger partial charge in [-0.2, -0.15) is 0 Å².